The molecule has 1 aliphatic heterocycles. The third-order valence-corrected chi connectivity index (χ3v) is 5.45. The lowest BCUT2D eigenvalue weighted by Crippen LogP contribution is -2.38. The Kier molecular flexibility index (Phi) is 5.19. The molecule has 0 N–H and O–H groups in total. The number of pyridine rings is 1. The highest BCUT2D eigenvalue weighted by molar-refractivity contribution is 5.89. The second-order valence-corrected chi connectivity index (χ2v) is 7.53. The molecule has 2 amide bonds. The molecule has 4 rings (SSSR count). The highest BCUT2D eigenvalue weighted by Crippen LogP contribution is 2.31. The fourth-order valence-corrected chi connectivity index (χ4v) is 3.75. The molecule has 1 aliphatic carbocycles. The van der Waals surface area contributed by atoms with Gasteiger partial charge in [-0.2, -0.15) is 0 Å². The van der Waals surface area contributed by atoms with Gasteiger partial charge in [0.2, 0.25) is 11.8 Å². The molecule has 27 heavy (non-hydrogen) atoms. The van der Waals surface area contributed by atoms with Gasteiger partial charge in [-0.1, -0.05) is 30.3 Å². The van der Waals surface area contributed by atoms with Gasteiger partial charge in [-0.3, -0.25) is 14.6 Å². The Morgan fingerprint density at radius 2 is 1.81 bits per heavy atom. The number of benzene rings is 1. The summed E-state index contributed by atoms with van der Waals surface area (Å²) in [6.07, 6.45) is 6.82. The van der Waals surface area contributed by atoms with Gasteiger partial charge >= 0.3 is 0 Å². The van der Waals surface area contributed by atoms with E-state index in [-0.39, 0.29) is 17.7 Å². The summed E-state index contributed by atoms with van der Waals surface area (Å²) in [5, 5.41) is 0. The van der Waals surface area contributed by atoms with Crippen LogP contribution in [-0.2, 0) is 22.6 Å². The second kappa shape index (κ2) is 7.91. The molecule has 1 atom stereocenters. The number of rotatable bonds is 7. The first-order chi connectivity index (χ1) is 13.2. The minimum atomic E-state index is -0.212. The van der Waals surface area contributed by atoms with Gasteiger partial charge in [0.05, 0.1) is 5.92 Å². The maximum absolute atomic E-state index is 13.1. The molecule has 2 heterocycles. The van der Waals surface area contributed by atoms with Crippen molar-refractivity contribution in [1.29, 1.82) is 0 Å². The zero-order chi connectivity index (χ0) is 18.6. The fraction of sp³-hybridized carbons (Fsp3) is 0.409. The molecule has 2 fully saturated rings. The molecular formula is C22H25N3O2. The van der Waals surface area contributed by atoms with Crippen LogP contribution in [-0.4, -0.2) is 45.7 Å². The van der Waals surface area contributed by atoms with Crippen molar-refractivity contribution in [2.24, 2.45) is 5.92 Å². The van der Waals surface area contributed by atoms with E-state index in [0.29, 0.717) is 32.1 Å². The van der Waals surface area contributed by atoms with Gasteiger partial charge in [0.25, 0.3) is 0 Å². The van der Waals surface area contributed by atoms with E-state index >= 15 is 0 Å². The maximum atomic E-state index is 13.1. The zero-order valence-corrected chi connectivity index (χ0v) is 15.5. The highest BCUT2D eigenvalue weighted by Gasteiger charge is 2.40. The third kappa shape index (κ3) is 4.35. The Hall–Kier alpha value is -2.69. The minimum absolute atomic E-state index is 0.101. The average molecular weight is 363 g/mol. The number of amides is 2. The van der Waals surface area contributed by atoms with Crippen molar-refractivity contribution in [3.63, 3.8) is 0 Å². The van der Waals surface area contributed by atoms with Crippen LogP contribution >= 0.6 is 0 Å². The number of carbonyl (C=O) groups excluding carboxylic acids is 2. The lowest BCUT2D eigenvalue weighted by Gasteiger charge is -2.25. The summed E-state index contributed by atoms with van der Waals surface area (Å²) in [6, 6.07) is 14.4. The molecule has 1 aromatic carbocycles. The number of hydrogen-bond donors (Lipinski definition) is 0. The number of nitrogens with zero attached hydrogens (tertiary/aromatic N) is 3. The Morgan fingerprint density at radius 1 is 1.07 bits per heavy atom. The standard InChI is InChI=1S/C22H25N3O2/c26-21-14-19(16-24(21)13-10-17-4-2-1-3-5-17)22(27)25(20-6-7-20)15-18-8-11-23-12-9-18/h1-5,8-9,11-12,19-20H,6-7,10,13-16H2. The maximum Gasteiger partial charge on any atom is 0.228 e. The van der Waals surface area contributed by atoms with Crippen molar-refractivity contribution in [2.45, 2.75) is 38.3 Å². The Morgan fingerprint density at radius 3 is 2.52 bits per heavy atom. The minimum Gasteiger partial charge on any atom is -0.342 e. The topological polar surface area (TPSA) is 53.5 Å². The van der Waals surface area contributed by atoms with E-state index in [9.17, 15) is 9.59 Å². The van der Waals surface area contributed by atoms with Crippen molar-refractivity contribution in [3.05, 3.63) is 66.0 Å². The number of likely N-dealkylation sites (tertiary alicyclic amines) is 1. The van der Waals surface area contributed by atoms with Crippen LogP contribution in [0, 0.1) is 5.92 Å². The first kappa shape index (κ1) is 17.7. The molecule has 1 unspecified atom stereocenters. The van der Waals surface area contributed by atoms with E-state index < -0.39 is 0 Å². The average Bonchev–Trinajstić information content (AvgIpc) is 3.48. The predicted octanol–water partition coefficient (Wildman–Crippen LogP) is 2.66. The van der Waals surface area contributed by atoms with Crippen molar-refractivity contribution >= 4 is 11.8 Å². The zero-order valence-electron chi connectivity index (χ0n) is 15.5. The quantitative estimate of drug-likeness (QED) is 0.760. The van der Waals surface area contributed by atoms with Crippen LogP contribution in [0.2, 0.25) is 0 Å². The Bertz CT molecular complexity index is 790. The van der Waals surface area contributed by atoms with Crippen molar-refractivity contribution in [2.75, 3.05) is 13.1 Å². The SMILES string of the molecule is O=C1CC(C(=O)N(Cc2ccncc2)C2CC2)CN1CCc1ccccc1. The van der Waals surface area contributed by atoms with Gasteiger partial charge in [0.15, 0.2) is 0 Å². The molecule has 1 aromatic heterocycles. The van der Waals surface area contributed by atoms with E-state index in [4.69, 9.17) is 0 Å². The molecule has 5 heteroatoms. The first-order valence-corrected chi connectivity index (χ1v) is 9.72. The molecule has 2 aromatic rings. The third-order valence-electron chi connectivity index (χ3n) is 5.45. The van der Waals surface area contributed by atoms with E-state index in [2.05, 4.69) is 17.1 Å². The Labute approximate surface area is 160 Å². The van der Waals surface area contributed by atoms with Gasteiger partial charge in [0, 0.05) is 44.5 Å². The van der Waals surface area contributed by atoms with Crippen LogP contribution in [0.25, 0.3) is 0 Å². The molecule has 1 saturated heterocycles. The van der Waals surface area contributed by atoms with Crippen molar-refractivity contribution in [3.8, 4) is 0 Å². The first-order valence-electron chi connectivity index (χ1n) is 9.72. The van der Waals surface area contributed by atoms with Crippen LogP contribution in [0.4, 0.5) is 0 Å². The van der Waals surface area contributed by atoms with Gasteiger partial charge in [-0.25, -0.2) is 0 Å². The number of carbonyl (C=O) groups is 2. The molecule has 140 valence electrons. The molecule has 0 spiro atoms. The highest BCUT2D eigenvalue weighted by atomic mass is 16.2. The van der Waals surface area contributed by atoms with Gasteiger partial charge < -0.3 is 9.80 Å². The monoisotopic (exact) mass is 363 g/mol. The molecule has 0 bridgehead atoms. The summed E-state index contributed by atoms with van der Waals surface area (Å²) in [4.78, 5) is 33.4. The largest absolute Gasteiger partial charge is 0.342 e. The number of hydrogen-bond acceptors (Lipinski definition) is 3. The summed E-state index contributed by atoms with van der Waals surface area (Å²) < 4.78 is 0. The van der Waals surface area contributed by atoms with E-state index in [0.717, 1.165) is 24.8 Å². The second-order valence-electron chi connectivity index (χ2n) is 7.53. The summed E-state index contributed by atoms with van der Waals surface area (Å²) in [5.74, 6) is 0.0181. The molecule has 1 saturated carbocycles. The van der Waals surface area contributed by atoms with Crippen LogP contribution < -0.4 is 0 Å². The predicted molar refractivity (Wildman–Crippen MR) is 103 cm³/mol. The fourth-order valence-electron chi connectivity index (χ4n) is 3.75. The lowest BCUT2D eigenvalue weighted by molar-refractivity contribution is -0.137. The summed E-state index contributed by atoms with van der Waals surface area (Å²) in [7, 11) is 0. The van der Waals surface area contributed by atoms with Gasteiger partial charge in [0.1, 0.15) is 0 Å². The van der Waals surface area contributed by atoms with E-state index in [1.54, 1.807) is 12.4 Å². The van der Waals surface area contributed by atoms with Crippen molar-refractivity contribution < 1.29 is 9.59 Å². The summed E-state index contributed by atoms with van der Waals surface area (Å²) >= 11 is 0. The number of aromatic nitrogens is 1. The van der Waals surface area contributed by atoms with Crippen LogP contribution in [0.5, 0.6) is 0 Å². The summed E-state index contributed by atoms with van der Waals surface area (Å²) in [5.41, 5.74) is 2.31. The Balaban J connectivity index is 1.37. The summed E-state index contributed by atoms with van der Waals surface area (Å²) in [6.45, 7) is 1.84. The van der Waals surface area contributed by atoms with Crippen molar-refractivity contribution in [1.82, 2.24) is 14.8 Å². The van der Waals surface area contributed by atoms with E-state index in [1.807, 2.05) is 40.1 Å². The molecule has 5 nitrogen and oxygen atoms in total. The molecule has 0 radical (unpaired) electrons. The van der Waals surface area contributed by atoms with Crippen LogP contribution in [0.3, 0.4) is 0 Å². The smallest absolute Gasteiger partial charge is 0.228 e. The molecule has 2 aliphatic rings. The normalized spacial score (nSPS) is 19.3. The van der Waals surface area contributed by atoms with Crippen LogP contribution in [0.15, 0.2) is 54.9 Å². The van der Waals surface area contributed by atoms with Crippen LogP contribution in [0.1, 0.15) is 30.4 Å². The van der Waals surface area contributed by atoms with Gasteiger partial charge in [-0.05, 0) is 42.5 Å². The molecular weight excluding hydrogens is 338 g/mol. The van der Waals surface area contributed by atoms with E-state index in [1.165, 1.54) is 5.56 Å². The van der Waals surface area contributed by atoms with Gasteiger partial charge in [-0.15, -0.1) is 0 Å². The lowest BCUT2D eigenvalue weighted by atomic mass is 10.1.